The largest absolute Gasteiger partial charge is 0.454 e. The zero-order chi connectivity index (χ0) is 21.6. The van der Waals surface area contributed by atoms with Crippen molar-refractivity contribution in [1.82, 2.24) is 10.1 Å². The molecule has 0 fully saturated rings. The van der Waals surface area contributed by atoms with E-state index in [4.69, 9.17) is 25.6 Å². The van der Waals surface area contributed by atoms with Crippen LogP contribution in [-0.2, 0) is 10.0 Å². The summed E-state index contributed by atoms with van der Waals surface area (Å²) in [6.07, 6.45) is 0. The molecular formula is C20H14ClN3O5S2. The van der Waals surface area contributed by atoms with Crippen LogP contribution in [-0.4, -0.2) is 32.4 Å². The highest BCUT2D eigenvalue weighted by molar-refractivity contribution is 7.93. The van der Waals surface area contributed by atoms with E-state index in [1.807, 2.05) is 0 Å². The molecule has 0 atom stereocenters. The highest BCUT2D eigenvalue weighted by Crippen LogP contribution is 2.39. The maximum atomic E-state index is 13.4. The Bertz CT molecular complexity index is 1380. The van der Waals surface area contributed by atoms with Crippen LogP contribution in [0.5, 0.6) is 11.5 Å². The average Bonchev–Trinajstić information content (AvgIpc) is 3.52. The third-order valence-corrected chi connectivity index (χ3v) is 7.91. The number of hydrogen-bond acceptors (Lipinski definition) is 8. The van der Waals surface area contributed by atoms with E-state index in [9.17, 15) is 8.42 Å². The van der Waals surface area contributed by atoms with Gasteiger partial charge in [-0.15, -0.1) is 11.3 Å². The molecule has 1 aliphatic heterocycles. The van der Waals surface area contributed by atoms with Gasteiger partial charge in [0, 0.05) is 18.7 Å². The Morgan fingerprint density at radius 3 is 2.74 bits per heavy atom. The number of nitrogens with zero attached hydrogens (tertiary/aromatic N) is 3. The normalized spacial score (nSPS) is 12.8. The fourth-order valence-electron chi connectivity index (χ4n) is 3.09. The predicted octanol–water partition coefficient (Wildman–Crippen LogP) is 4.67. The van der Waals surface area contributed by atoms with Gasteiger partial charge in [-0.3, -0.25) is 4.31 Å². The van der Waals surface area contributed by atoms with Gasteiger partial charge < -0.3 is 14.0 Å². The molecule has 0 radical (unpaired) electrons. The van der Waals surface area contributed by atoms with Crippen molar-refractivity contribution in [3.05, 3.63) is 58.9 Å². The summed E-state index contributed by atoms with van der Waals surface area (Å²) in [5.41, 5.74) is 1.03. The zero-order valence-corrected chi connectivity index (χ0v) is 18.4. The summed E-state index contributed by atoms with van der Waals surface area (Å²) in [5.74, 6) is 1.44. The topological polar surface area (TPSA) is 94.8 Å². The summed E-state index contributed by atoms with van der Waals surface area (Å²) in [4.78, 5) is 4.77. The van der Waals surface area contributed by atoms with Crippen molar-refractivity contribution in [2.24, 2.45) is 0 Å². The SMILES string of the molecule is CN(c1ccc2c(c1)OCO2)S(=O)(=O)c1ccsc1-c1nc(-c2ccccc2Cl)no1. The molecule has 0 amide bonds. The van der Waals surface area contributed by atoms with Gasteiger partial charge in [0.2, 0.25) is 12.6 Å². The van der Waals surface area contributed by atoms with Crippen LogP contribution in [0.1, 0.15) is 0 Å². The quantitative estimate of drug-likeness (QED) is 0.413. The van der Waals surface area contributed by atoms with Crippen molar-refractivity contribution in [2.45, 2.75) is 4.90 Å². The minimum absolute atomic E-state index is 0.0621. The average molecular weight is 476 g/mol. The van der Waals surface area contributed by atoms with Gasteiger partial charge in [0.1, 0.15) is 9.77 Å². The van der Waals surface area contributed by atoms with Crippen LogP contribution >= 0.6 is 22.9 Å². The summed E-state index contributed by atoms with van der Waals surface area (Å²) in [7, 11) is -2.45. The van der Waals surface area contributed by atoms with E-state index in [1.165, 1.54) is 28.8 Å². The minimum atomic E-state index is -3.91. The van der Waals surface area contributed by atoms with Gasteiger partial charge in [-0.2, -0.15) is 4.98 Å². The second-order valence-electron chi connectivity index (χ2n) is 6.53. The molecule has 2 aromatic carbocycles. The van der Waals surface area contributed by atoms with Crippen LogP contribution in [0.25, 0.3) is 22.2 Å². The second kappa shape index (κ2) is 7.56. The Morgan fingerprint density at radius 1 is 1.10 bits per heavy atom. The number of halogens is 1. The summed E-state index contributed by atoms with van der Waals surface area (Å²) < 4.78 is 43.9. The standard InChI is InChI=1S/C20H14ClN3O5S2/c1-24(12-6-7-15-16(10-12)28-11-27-15)31(25,26)17-8-9-30-18(17)20-22-19(23-29-20)13-4-2-3-5-14(13)21/h2-10H,11H2,1H3. The molecule has 4 aromatic rings. The molecule has 0 saturated carbocycles. The van der Waals surface area contributed by atoms with Gasteiger partial charge in [0.15, 0.2) is 11.5 Å². The lowest BCUT2D eigenvalue weighted by molar-refractivity contribution is 0.174. The molecule has 158 valence electrons. The smallest absolute Gasteiger partial charge is 0.269 e. The lowest BCUT2D eigenvalue weighted by atomic mass is 10.2. The molecule has 0 saturated heterocycles. The van der Waals surface area contributed by atoms with E-state index < -0.39 is 10.0 Å². The van der Waals surface area contributed by atoms with Crippen molar-refractivity contribution in [3.8, 4) is 33.7 Å². The number of ether oxygens (including phenoxy) is 2. The number of fused-ring (bicyclic) bond motifs is 1. The fourth-order valence-corrected chi connectivity index (χ4v) is 5.81. The third-order valence-electron chi connectivity index (χ3n) is 4.72. The Hall–Kier alpha value is -3.08. The molecule has 1 aliphatic rings. The summed E-state index contributed by atoms with van der Waals surface area (Å²) in [6, 6.07) is 13.5. The van der Waals surface area contributed by atoms with Gasteiger partial charge >= 0.3 is 0 Å². The lowest BCUT2D eigenvalue weighted by Crippen LogP contribution is -2.26. The van der Waals surface area contributed by atoms with Gasteiger partial charge in [-0.05, 0) is 35.7 Å². The first-order valence-corrected chi connectivity index (χ1v) is 11.7. The van der Waals surface area contributed by atoms with Crippen LogP contribution in [0.15, 0.2) is 63.3 Å². The number of sulfonamides is 1. The Labute approximate surface area is 186 Å². The number of thiophene rings is 1. The molecule has 0 bridgehead atoms. The van der Waals surface area contributed by atoms with E-state index in [-0.39, 0.29) is 23.4 Å². The molecule has 11 heteroatoms. The Balaban J connectivity index is 1.51. The molecule has 8 nitrogen and oxygen atoms in total. The first kappa shape index (κ1) is 19.9. The second-order valence-corrected chi connectivity index (χ2v) is 9.79. The zero-order valence-electron chi connectivity index (χ0n) is 16.0. The highest BCUT2D eigenvalue weighted by Gasteiger charge is 2.29. The first-order chi connectivity index (χ1) is 14.9. The highest BCUT2D eigenvalue weighted by atomic mass is 35.5. The molecule has 31 heavy (non-hydrogen) atoms. The summed E-state index contributed by atoms with van der Waals surface area (Å²) in [5, 5.41) is 6.10. The maximum absolute atomic E-state index is 13.4. The van der Waals surface area contributed by atoms with Crippen LogP contribution < -0.4 is 13.8 Å². The van der Waals surface area contributed by atoms with Crippen molar-refractivity contribution in [1.29, 1.82) is 0 Å². The fraction of sp³-hybridized carbons (Fsp3) is 0.100. The molecule has 0 aliphatic carbocycles. The Morgan fingerprint density at radius 2 is 1.90 bits per heavy atom. The van der Waals surface area contributed by atoms with E-state index in [2.05, 4.69) is 10.1 Å². The van der Waals surface area contributed by atoms with Crippen LogP contribution in [0, 0.1) is 0 Å². The summed E-state index contributed by atoms with van der Waals surface area (Å²) in [6.45, 7) is 0.106. The third kappa shape index (κ3) is 3.42. The molecule has 0 N–H and O–H groups in total. The molecule has 3 heterocycles. The lowest BCUT2D eigenvalue weighted by Gasteiger charge is -2.19. The monoisotopic (exact) mass is 475 g/mol. The van der Waals surface area contributed by atoms with E-state index in [0.29, 0.717) is 32.6 Å². The molecule has 5 rings (SSSR count). The summed E-state index contributed by atoms with van der Waals surface area (Å²) >= 11 is 7.40. The number of aromatic nitrogens is 2. The predicted molar refractivity (Wildman–Crippen MR) is 116 cm³/mol. The van der Waals surface area contributed by atoms with Crippen LogP contribution in [0.3, 0.4) is 0 Å². The van der Waals surface area contributed by atoms with Gasteiger partial charge in [0.05, 0.1) is 10.7 Å². The van der Waals surface area contributed by atoms with E-state index in [0.717, 1.165) is 0 Å². The van der Waals surface area contributed by atoms with Crippen molar-refractivity contribution in [2.75, 3.05) is 18.1 Å². The molecule has 2 aromatic heterocycles. The molecule has 0 unspecified atom stereocenters. The number of rotatable bonds is 5. The van der Waals surface area contributed by atoms with Crippen molar-refractivity contribution < 1.29 is 22.4 Å². The van der Waals surface area contributed by atoms with Crippen LogP contribution in [0.2, 0.25) is 5.02 Å². The number of hydrogen-bond donors (Lipinski definition) is 0. The van der Waals surface area contributed by atoms with Crippen molar-refractivity contribution in [3.63, 3.8) is 0 Å². The minimum Gasteiger partial charge on any atom is -0.454 e. The van der Waals surface area contributed by atoms with E-state index in [1.54, 1.807) is 47.8 Å². The van der Waals surface area contributed by atoms with Crippen molar-refractivity contribution >= 4 is 38.6 Å². The van der Waals surface area contributed by atoms with Crippen LogP contribution in [0.4, 0.5) is 5.69 Å². The van der Waals surface area contributed by atoms with E-state index >= 15 is 0 Å². The van der Waals surface area contributed by atoms with Gasteiger partial charge in [0.25, 0.3) is 15.9 Å². The molecule has 0 spiro atoms. The number of anilines is 1. The van der Waals surface area contributed by atoms with Gasteiger partial charge in [-0.1, -0.05) is 28.9 Å². The number of benzene rings is 2. The Kier molecular flexibility index (Phi) is 4.84. The van der Waals surface area contributed by atoms with Gasteiger partial charge in [-0.25, -0.2) is 8.42 Å². The first-order valence-electron chi connectivity index (χ1n) is 9.00. The molecular weight excluding hydrogens is 462 g/mol. The maximum Gasteiger partial charge on any atom is 0.269 e.